The number of aliphatic hydroxyl groups excluding tert-OH is 1. The molecule has 2 aliphatic rings. The highest BCUT2D eigenvalue weighted by atomic mass is 16.6. The molecule has 0 radical (unpaired) electrons. The van der Waals surface area contributed by atoms with Crippen LogP contribution in [0.4, 0.5) is 4.79 Å². The lowest BCUT2D eigenvalue weighted by Gasteiger charge is -2.31. The van der Waals surface area contributed by atoms with E-state index in [1.54, 1.807) is 4.90 Å². The van der Waals surface area contributed by atoms with Gasteiger partial charge in [-0.05, 0) is 12.8 Å². The zero-order chi connectivity index (χ0) is 9.97. The molecule has 0 aromatic carbocycles. The van der Waals surface area contributed by atoms with Gasteiger partial charge in [0.25, 0.3) is 0 Å². The first kappa shape index (κ1) is 9.73. The standard InChI is InChI=1S/C9H15NO4/c11-3-4-13-9(12)10-5-7-1-2-8(6-10)14-7/h7-8,11H,1-6H2. The molecule has 0 saturated carbocycles. The molecule has 2 saturated heterocycles. The zero-order valence-electron chi connectivity index (χ0n) is 8.02. The van der Waals surface area contributed by atoms with Crippen LogP contribution < -0.4 is 0 Å². The van der Waals surface area contributed by atoms with Crippen LogP contribution >= 0.6 is 0 Å². The van der Waals surface area contributed by atoms with Crippen LogP contribution in [0, 0.1) is 0 Å². The van der Waals surface area contributed by atoms with Gasteiger partial charge < -0.3 is 19.5 Å². The van der Waals surface area contributed by atoms with Crippen LogP contribution in [0.1, 0.15) is 12.8 Å². The summed E-state index contributed by atoms with van der Waals surface area (Å²) in [6.07, 6.45) is 2.12. The lowest BCUT2D eigenvalue weighted by Crippen LogP contribution is -2.46. The summed E-state index contributed by atoms with van der Waals surface area (Å²) < 4.78 is 10.4. The minimum absolute atomic E-state index is 0.0749. The molecule has 2 rings (SSSR count). The van der Waals surface area contributed by atoms with E-state index in [4.69, 9.17) is 14.6 Å². The monoisotopic (exact) mass is 201 g/mol. The van der Waals surface area contributed by atoms with E-state index in [0.29, 0.717) is 13.1 Å². The summed E-state index contributed by atoms with van der Waals surface area (Å²) in [5, 5.41) is 8.51. The Labute approximate surface area is 82.6 Å². The van der Waals surface area contributed by atoms with Gasteiger partial charge in [-0.15, -0.1) is 0 Å². The topological polar surface area (TPSA) is 59.0 Å². The maximum atomic E-state index is 11.4. The Kier molecular flexibility index (Phi) is 2.88. The van der Waals surface area contributed by atoms with Crippen molar-refractivity contribution in [3.63, 3.8) is 0 Å². The van der Waals surface area contributed by atoms with Crippen molar-refractivity contribution in [2.75, 3.05) is 26.3 Å². The van der Waals surface area contributed by atoms with E-state index in [0.717, 1.165) is 12.8 Å². The Bertz CT molecular complexity index is 209. The zero-order valence-corrected chi connectivity index (χ0v) is 8.02. The maximum absolute atomic E-state index is 11.4. The molecule has 2 aliphatic heterocycles. The first-order valence-corrected chi connectivity index (χ1v) is 4.97. The molecular weight excluding hydrogens is 186 g/mol. The van der Waals surface area contributed by atoms with Crippen LogP contribution in [0.2, 0.25) is 0 Å². The third-order valence-electron chi connectivity index (χ3n) is 2.62. The van der Waals surface area contributed by atoms with Crippen LogP contribution in [0.25, 0.3) is 0 Å². The van der Waals surface area contributed by atoms with Gasteiger partial charge in [-0.1, -0.05) is 0 Å². The predicted octanol–water partition coefficient (Wildman–Crippen LogP) is -0.0215. The number of amides is 1. The highest BCUT2D eigenvalue weighted by Gasteiger charge is 2.36. The lowest BCUT2D eigenvalue weighted by molar-refractivity contribution is -0.0372. The van der Waals surface area contributed by atoms with Gasteiger partial charge in [0.15, 0.2) is 0 Å². The Morgan fingerprint density at radius 2 is 2.07 bits per heavy atom. The Morgan fingerprint density at radius 1 is 1.43 bits per heavy atom. The van der Waals surface area contributed by atoms with Gasteiger partial charge in [0, 0.05) is 0 Å². The van der Waals surface area contributed by atoms with Gasteiger partial charge >= 0.3 is 6.09 Å². The number of nitrogens with zero attached hydrogens (tertiary/aromatic N) is 1. The minimum Gasteiger partial charge on any atom is -0.447 e. The molecular formula is C9H15NO4. The average molecular weight is 201 g/mol. The number of fused-ring (bicyclic) bond motifs is 2. The number of likely N-dealkylation sites (tertiary alicyclic amines) is 1. The van der Waals surface area contributed by atoms with Crippen molar-refractivity contribution < 1.29 is 19.4 Å². The van der Waals surface area contributed by atoms with E-state index in [-0.39, 0.29) is 31.5 Å². The summed E-state index contributed by atoms with van der Waals surface area (Å²) >= 11 is 0. The highest BCUT2D eigenvalue weighted by Crippen LogP contribution is 2.26. The molecule has 5 nitrogen and oxygen atoms in total. The molecule has 0 aromatic rings. The largest absolute Gasteiger partial charge is 0.447 e. The second-order valence-corrected chi connectivity index (χ2v) is 3.70. The number of hydrogen-bond donors (Lipinski definition) is 1. The Balaban J connectivity index is 1.83. The molecule has 2 atom stereocenters. The van der Waals surface area contributed by atoms with Gasteiger partial charge in [-0.25, -0.2) is 4.79 Å². The summed E-state index contributed by atoms with van der Waals surface area (Å²) in [6, 6.07) is 0. The van der Waals surface area contributed by atoms with Crippen LogP contribution in [-0.2, 0) is 9.47 Å². The molecule has 2 fully saturated rings. The van der Waals surface area contributed by atoms with Gasteiger partial charge in [-0.3, -0.25) is 0 Å². The number of hydrogen-bond acceptors (Lipinski definition) is 4. The van der Waals surface area contributed by atoms with Crippen molar-refractivity contribution in [3.8, 4) is 0 Å². The number of morpholine rings is 1. The molecule has 2 heterocycles. The maximum Gasteiger partial charge on any atom is 0.410 e. The van der Waals surface area contributed by atoms with Gasteiger partial charge in [0.1, 0.15) is 6.61 Å². The van der Waals surface area contributed by atoms with E-state index >= 15 is 0 Å². The SMILES string of the molecule is O=C(OCCO)N1CC2CCC(C1)O2. The van der Waals surface area contributed by atoms with Gasteiger partial charge in [-0.2, -0.15) is 0 Å². The third kappa shape index (κ3) is 1.99. The fourth-order valence-corrected chi connectivity index (χ4v) is 1.99. The lowest BCUT2D eigenvalue weighted by atomic mass is 10.2. The molecule has 14 heavy (non-hydrogen) atoms. The fourth-order valence-electron chi connectivity index (χ4n) is 1.99. The summed E-state index contributed by atoms with van der Waals surface area (Å²) in [4.78, 5) is 13.1. The summed E-state index contributed by atoms with van der Waals surface area (Å²) in [5.41, 5.74) is 0. The molecule has 0 spiro atoms. The van der Waals surface area contributed by atoms with E-state index in [1.807, 2.05) is 0 Å². The molecule has 5 heteroatoms. The van der Waals surface area contributed by atoms with Gasteiger partial charge in [0.2, 0.25) is 0 Å². The van der Waals surface area contributed by atoms with E-state index in [1.165, 1.54) is 0 Å². The molecule has 2 bridgehead atoms. The number of ether oxygens (including phenoxy) is 2. The summed E-state index contributed by atoms with van der Waals surface area (Å²) in [6.45, 7) is 1.20. The molecule has 1 amide bonds. The highest BCUT2D eigenvalue weighted by molar-refractivity contribution is 5.67. The van der Waals surface area contributed by atoms with Crippen LogP contribution in [0.5, 0.6) is 0 Å². The first-order chi connectivity index (χ1) is 6.79. The minimum atomic E-state index is -0.334. The van der Waals surface area contributed by atoms with E-state index in [9.17, 15) is 4.79 Å². The van der Waals surface area contributed by atoms with Crippen molar-refractivity contribution in [1.29, 1.82) is 0 Å². The van der Waals surface area contributed by atoms with Crippen molar-refractivity contribution in [3.05, 3.63) is 0 Å². The van der Waals surface area contributed by atoms with Crippen LogP contribution in [0.3, 0.4) is 0 Å². The molecule has 2 unspecified atom stereocenters. The van der Waals surface area contributed by atoms with Crippen molar-refractivity contribution >= 4 is 6.09 Å². The Morgan fingerprint density at radius 3 is 2.64 bits per heavy atom. The number of rotatable bonds is 2. The smallest absolute Gasteiger partial charge is 0.410 e. The van der Waals surface area contributed by atoms with Crippen LogP contribution in [0.15, 0.2) is 0 Å². The predicted molar refractivity (Wildman–Crippen MR) is 47.9 cm³/mol. The number of carbonyl (C=O) groups excluding carboxylic acids is 1. The normalized spacial score (nSPS) is 30.5. The number of aliphatic hydroxyl groups is 1. The van der Waals surface area contributed by atoms with Gasteiger partial charge in [0.05, 0.1) is 31.9 Å². The average Bonchev–Trinajstić information content (AvgIpc) is 2.54. The van der Waals surface area contributed by atoms with Crippen molar-refractivity contribution in [1.82, 2.24) is 4.90 Å². The molecule has 1 N–H and O–H groups in total. The molecule has 80 valence electrons. The summed E-state index contributed by atoms with van der Waals surface area (Å²) in [7, 11) is 0. The van der Waals surface area contributed by atoms with E-state index in [2.05, 4.69) is 0 Å². The third-order valence-corrected chi connectivity index (χ3v) is 2.62. The molecule has 0 aromatic heterocycles. The number of carbonyl (C=O) groups is 1. The summed E-state index contributed by atoms with van der Waals surface area (Å²) in [5.74, 6) is 0. The first-order valence-electron chi connectivity index (χ1n) is 4.97. The van der Waals surface area contributed by atoms with E-state index < -0.39 is 0 Å². The van der Waals surface area contributed by atoms with Crippen LogP contribution in [-0.4, -0.2) is 54.6 Å². The second-order valence-electron chi connectivity index (χ2n) is 3.70. The fraction of sp³-hybridized carbons (Fsp3) is 0.889. The van der Waals surface area contributed by atoms with Crippen molar-refractivity contribution in [2.24, 2.45) is 0 Å². The Hall–Kier alpha value is -0.810. The van der Waals surface area contributed by atoms with Crippen molar-refractivity contribution in [2.45, 2.75) is 25.0 Å². The quantitative estimate of drug-likeness (QED) is 0.682. The molecule has 0 aliphatic carbocycles. The second kappa shape index (κ2) is 4.14.